The Morgan fingerprint density at radius 1 is 0.758 bits per heavy atom. The van der Waals surface area contributed by atoms with Crippen LogP contribution in [0, 0.1) is 0 Å². The summed E-state index contributed by atoms with van der Waals surface area (Å²) in [6.45, 7) is 4.73. The number of Topliss-reactive ketones (excluding diaryl/α,β-unsaturated/α-hetero) is 1. The van der Waals surface area contributed by atoms with Crippen LogP contribution >= 0.6 is 0 Å². The number of ketones is 1. The molecule has 0 spiro atoms. The number of carbonyl (C=O) groups excluding carboxylic acids is 5. The summed E-state index contributed by atoms with van der Waals surface area (Å²) in [6.07, 6.45) is -2.48. The number of hydrogen-bond donors (Lipinski definition) is 0. The van der Waals surface area contributed by atoms with Gasteiger partial charge in [0, 0.05) is 39.3 Å². The third kappa shape index (κ3) is 5.53. The predicted molar refractivity (Wildman–Crippen MR) is 110 cm³/mol. The third-order valence-electron chi connectivity index (χ3n) is 4.36. The first kappa shape index (κ1) is 23.5. The highest BCUT2D eigenvalue weighted by molar-refractivity contribution is 6.04. The van der Waals surface area contributed by atoms with Crippen molar-refractivity contribution in [1.29, 1.82) is 0 Å². The second-order valence-corrected chi connectivity index (χ2v) is 7.08. The van der Waals surface area contributed by atoms with Gasteiger partial charge in [-0.2, -0.15) is 0 Å². The average molecular weight is 456 g/mol. The van der Waals surface area contributed by atoms with E-state index in [0.717, 1.165) is 6.92 Å². The van der Waals surface area contributed by atoms with E-state index in [4.69, 9.17) is 23.7 Å². The zero-order valence-electron chi connectivity index (χ0n) is 18.2. The largest absolute Gasteiger partial charge is 0.480 e. The first-order valence-corrected chi connectivity index (χ1v) is 9.76. The van der Waals surface area contributed by atoms with Gasteiger partial charge in [-0.1, -0.05) is 6.07 Å². The Morgan fingerprint density at radius 3 is 2.00 bits per heavy atom. The van der Waals surface area contributed by atoms with E-state index < -0.39 is 41.9 Å². The molecule has 0 saturated heterocycles. The lowest BCUT2D eigenvalue weighted by Gasteiger charge is -2.32. The van der Waals surface area contributed by atoms with Crippen LogP contribution in [0.25, 0.3) is 0 Å². The highest BCUT2D eigenvalue weighted by atomic mass is 16.6. The second-order valence-electron chi connectivity index (χ2n) is 7.08. The molecular formula is C23H20O10. The number of fused-ring (bicyclic) bond motifs is 1. The van der Waals surface area contributed by atoms with Gasteiger partial charge in [0.25, 0.3) is 0 Å². The summed E-state index contributed by atoms with van der Waals surface area (Å²) in [4.78, 5) is 59.0. The number of esters is 4. The molecule has 0 fully saturated rings. The normalized spacial score (nSPS) is 16.7. The summed E-state index contributed by atoms with van der Waals surface area (Å²) in [6, 6.07) is 8.36. The minimum atomic E-state index is -1.35. The van der Waals surface area contributed by atoms with E-state index in [1.165, 1.54) is 57.2 Å². The van der Waals surface area contributed by atoms with Gasteiger partial charge in [0.05, 0.1) is 5.56 Å². The highest BCUT2D eigenvalue weighted by Crippen LogP contribution is 2.41. The maximum Gasteiger partial charge on any atom is 0.308 e. The quantitative estimate of drug-likeness (QED) is 0.489. The zero-order chi connectivity index (χ0) is 24.3. The molecule has 0 unspecified atom stereocenters. The van der Waals surface area contributed by atoms with E-state index in [9.17, 15) is 24.0 Å². The van der Waals surface area contributed by atoms with Gasteiger partial charge >= 0.3 is 23.9 Å². The van der Waals surface area contributed by atoms with Gasteiger partial charge in [0.15, 0.2) is 17.6 Å². The molecule has 2 atom stereocenters. The minimum absolute atomic E-state index is 0.0230. The molecule has 10 nitrogen and oxygen atoms in total. The van der Waals surface area contributed by atoms with Gasteiger partial charge in [-0.3, -0.25) is 24.0 Å². The molecule has 10 heteroatoms. The summed E-state index contributed by atoms with van der Waals surface area (Å²) in [7, 11) is 0. The Bertz CT molecular complexity index is 1150. The fourth-order valence-corrected chi connectivity index (χ4v) is 3.23. The summed E-state index contributed by atoms with van der Waals surface area (Å²) < 4.78 is 26.4. The molecule has 33 heavy (non-hydrogen) atoms. The summed E-state index contributed by atoms with van der Waals surface area (Å²) in [5, 5.41) is 0. The van der Waals surface area contributed by atoms with E-state index in [1.54, 1.807) is 0 Å². The molecule has 0 saturated carbocycles. The molecule has 0 amide bonds. The Kier molecular flexibility index (Phi) is 6.76. The first-order chi connectivity index (χ1) is 15.5. The van der Waals surface area contributed by atoms with E-state index >= 15 is 0 Å². The molecule has 0 aromatic heterocycles. The maximum atomic E-state index is 13.1. The lowest BCUT2D eigenvalue weighted by atomic mass is 9.93. The molecular weight excluding hydrogens is 436 g/mol. The van der Waals surface area contributed by atoms with Crippen molar-refractivity contribution >= 4 is 29.7 Å². The lowest BCUT2D eigenvalue weighted by molar-refractivity contribution is -0.149. The molecule has 0 aliphatic carbocycles. The minimum Gasteiger partial charge on any atom is -0.480 e. The highest BCUT2D eigenvalue weighted by Gasteiger charge is 2.41. The monoisotopic (exact) mass is 456 g/mol. The van der Waals surface area contributed by atoms with E-state index in [1.807, 2.05) is 0 Å². The molecule has 0 bridgehead atoms. The molecule has 1 aliphatic heterocycles. The van der Waals surface area contributed by atoms with Gasteiger partial charge < -0.3 is 23.7 Å². The Hall–Kier alpha value is -4.21. The van der Waals surface area contributed by atoms with Crippen molar-refractivity contribution in [2.24, 2.45) is 0 Å². The van der Waals surface area contributed by atoms with Crippen LogP contribution < -0.4 is 18.9 Å². The molecule has 0 radical (unpaired) electrons. The fourth-order valence-electron chi connectivity index (χ4n) is 3.23. The van der Waals surface area contributed by atoms with Crippen LogP contribution in [0.3, 0.4) is 0 Å². The van der Waals surface area contributed by atoms with E-state index in [-0.39, 0.29) is 28.6 Å². The van der Waals surface area contributed by atoms with Crippen molar-refractivity contribution in [3.8, 4) is 23.0 Å². The average Bonchev–Trinajstić information content (AvgIpc) is 2.69. The molecule has 3 rings (SSSR count). The number of ether oxygens (including phenoxy) is 5. The maximum absolute atomic E-state index is 13.1. The fraction of sp³-hybridized carbons (Fsp3) is 0.261. The second kappa shape index (κ2) is 9.51. The zero-order valence-corrected chi connectivity index (χ0v) is 18.2. The molecule has 1 aliphatic rings. The van der Waals surface area contributed by atoms with Crippen molar-refractivity contribution in [3.63, 3.8) is 0 Å². The Balaban J connectivity index is 2.08. The van der Waals surface area contributed by atoms with Crippen molar-refractivity contribution in [3.05, 3.63) is 47.5 Å². The van der Waals surface area contributed by atoms with Crippen molar-refractivity contribution in [2.75, 3.05) is 0 Å². The van der Waals surface area contributed by atoms with Crippen LogP contribution in [0.2, 0.25) is 0 Å². The van der Waals surface area contributed by atoms with E-state index in [0.29, 0.717) is 5.56 Å². The van der Waals surface area contributed by atoms with Crippen molar-refractivity contribution in [2.45, 2.75) is 39.9 Å². The smallest absolute Gasteiger partial charge is 0.308 e. The van der Waals surface area contributed by atoms with Crippen LogP contribution in [-0.2, 0) is 23.9 Å². The van der Waals surface area contributed by atoms with Crippen LogP contribution in [-0.4, -0.2) is 35.8 Å². The van der Waals surface area contributed by atoms with Crippen molar-refractivity contribution < 1.29 is 47.7 Å². The standard InChI is InChI=1S/C23H20O10/c1-11(24)29-16-6-7-17-19(10-16)33-22(23(21(17)28)32-14(4)27)15-5-8-18(30-12(2)25)20(9-15)31-13(3)26/h5-10,22-23H,1-4H3/t22-,23+/m0/s1. The van der Waals surface area contributed by atoms with Gasteiger partial charge in [-0.05, 0) is 24.3 Å². The number of hydrogen-bond acceptors (Lipinski definition) is 10. The van der Waals surface area contributed by atoms with Gasteiger partial charge in [-0.25, -0.2) is 0 Å². The SMILES string of the molecule is CC(=O)Oc1ccc2c(c1)O[C@@H](c1ccc(OC(C)=O)c(OC(C)=O)c1)[C@H](OC(C)=O)C2=O. The number of benzene rings is 2. The van der Waals surface area contributed by atoms with Crippen molar-refractivity contribution in [1.82, 2.24) is 0 Å². The molecule has 0 N–H and O–H groups in total. The topological polar surface area (TPSA) is 132 Å². The van der Waals surface area contributed by atoms with Crippen LogP contribution in [0.1, 0.15) is 49.7 Å². The molecule has 172 valence electrons. The van der Waals surface area contributed by atoms with E-state index in [2.05, 4.69) is 0 Å². The molecule has 1 heterocycles. The Morgan fingerprint density at radius 2 is 1.39 bits per heavy atom. The van der Waals surface area contributed by atoms with Gasteiger partial charge in [0.2, 0.25) is 11.9 Å². The van der Waals surface area contributed by atoms with Crippen LogP contribution in [0.4, 0.5) is 0 Å². The molecule has 2 aromatic rings. The summed E-state index contributed by atoms with van der Waals surface area (Å²) >= 11 is 0. The lowest BCUT2D eigenvalue weighted by Crippen LogP contribution is -2.39. The first-order valence-electron chi connectivity index (χ1n) is 9.76. The predicted octanol–water partition coefficient (Wildman–Crippen LogP) is 2.71. The molecule has 2 aromatic carbocycles. The summed E-state index contributed by atoms with van der Waals surface area (Å²) in [5.74, 6) is -2.97. The third-order valence-corrected chi connectivity index (χ3v) is 4.36. The van der Waals surface area contributed by atoms with Gasteiger partial charge in [-0.15, -0.1) is 0 Å². The number of carbonyl (C=O) groups is 5. The summed E-state index contributed by atoms with van der Waals surface area (Å²) in [5.41, 5.74) is 0.426. The van der Waals surface area contributed by atoms with Crippen LogP contribution in [0.5, 0.6) is 23.0 Å². The Labute approximate surface area is 188 Å². The number of rotatable bonds is 5. The van der Waals surface area contributed by atoms with Crippen LogP contribution in [0.15, 0.2) is 36.4 Å². The van der Waals surface area contributed by atoms with Gasteiger partial charge in [0.1, 0.15) is 11.5 Å².